The number of hydrogen-bond acceptors (Lipinski definition) is 2. The van der Waals surface area contributed by atoms with E-state index in [-0.39, 0.29) is 0 Å². The zero-order valence-corrected chi connectivity index (χ0v) is 8.60. The van der Waals surface area contributed by atoms with Crippen LogP contribution in [0.1, 0.15) is 12.5 Å². The summed E-state index contributed by atoms with van der Waals surface area (Å²) >= 11 is 0. The summed E-state index contributed by atoms with van der Waals surface area (Å²) < 4.78 is 0. The molecule has 14 heavy (non-hydrogen) atoms. The van der Waals surface area contributed by atoms with E-state index in [1.807, 2.05) is 17.0 Å². The highest BCUT2D eigenvalue weighted by molar-refractivity contribution is 5.66. The normalized spacial score (nSPS) is 10.4. The van der Waals surface area contributed by atoms with E-state index in [4.69, 9.17) is 0 Å². The first-order valence-electron chi connectivity index (χ1n) is 4.73. The van der Waals surface area contributed by atoms with E-state index in [0.717, 1.165) is 18.5 Å². The molecule has 0 spiro atoms. The Labute approximate surface area is 84.9 Å². The number of rotatable bonds is 4. The lowest BCUT2D eigenvalue weighted by atomic mass is 10.2. The van der Waals surface area contributed by atoms with Crippen molar-refractivity contribution in [3.8, 4) is 0 Å². The molecular formula is C12H15NO. The summed E-state index contributed by atoms with van der Waals surface area (Å²) in [5.41, 5.74) is 2.35. The Hall–Kier alpha value is -1.57. The fraction of sp³-hybridized carbons (Fsp3) is 0.250. The summed E-state index contributed by atoms with van der Waals surface area (Å²) in [7, 11) is 0. The molecule has 0 saturated carbocycles. The second kappa shape index (κ2) is 5.22. The number of allylic oxidation sites excluding steroid dienone is 1. The molecular weight excluding hydrogens is 174 g/mol. The minimum absolute atomic E-state index is 0.789. The van der Waals surface area contributed by atoms with E-state index in [1.54, 1.807) is 6.20 Å². The second-order valence-electron chi connectivity index (χ2n) is 3.10. The number of nitrogens with zero attached hydrogens (tertiary/aromatic N) is 1. The van der Waals surface area contributed by atoms with E-state index in [9.17, 15) is 4.79 Å². The first-order valence-corrected chi connectivity index (χ1v) is 4.73. The van der Waals surface area contributed by atoms with Gasteiger partial charge in [0.25, 0.3) is 0 Å². The molecule has 2 nitrogen and oxygen atoms in total. The van der Waals surface area contributed by atoms with Crippen molar-refractivity contribution in [2.45, 2.75) is 13.8 Å². The molecule has 0 radical (unpaired) electrons. The average Bonchev–Trinajstić information content (AvgIpc) is 2.21. The second-order valence-corrected chi connectivity index (χ2v) is 3.10. The van der Waals surface area contributed by atoms with Crippen LogP contribution in [0.2, 0.25) is 0 Å². The Kier molecular flexibility index (Phi) is 3.92. The number of aldehydes is 1. The van der Waals surface area contributed by atoms with Gasteiger partial charge in [0.1, 0.15) is 6.29 Å². The van der Waals surface area contributed by atoms with Gasteiger partial charge in [0, 0.05) is 18.4 Å². The smallest absolute Gasteiger partial charge is 0.144 e. The van der Waals surface area contributed by atoms with Crippen LogP contribution >= 0.6 is 0 Å². The zero-order chi connectivity index (χ0) is 10.4. The molecule has 0 fully saturated rings. The van der Waals surface area contributed by atoms with Crippen molar-refractivity contribution >= 4 is 12.0 Å². The van der Waals surface area contributed by atoms with Crippen LogP contribution in [0.3, 0.4) is 0 Å². The summed E-state index contributed by atoms with van der Waals surface area (Å²) in [5.74, 6) is 0. The monoisotopic (exact) mass is 189 g/mol. The molecule has 0 aliphatic heterocycles. The molecule has 0 amide bonds. The van der Waals surface area contributed by atoms with Crippen LogP contribution in [0.4, 0.5) is 5.69 Å². The first kappa shape index (κ1) is 10.5. The zero-order valence-electron chi connectivity index (χ0n) is 8.60. The number of hydrogen-bond donors (Lipinski definition) is 0. The van der Waals surface area contributed by atoms with Gasteiger partial charge in [-0.1, -0.05) is 17.7 Å². The van der Waals surface area contributed by atoms with Gasteiger partial charge in [-0.25, -0.2) is 0 Å². The largest absolute Gasteiger partial charge is 0.348 e. The lowest BCUT2D eigenvalue weighted by Gasteiger charge is -2.17. The van der Waals surface area contributed by atoms with Gasteiger partial charge in [-0.2, -0.15) is 0 Å². The Balaban J connectivity index is 2.83. The highest BCUT2D eigenvalue weighted by atomic mass is 16.1. The van der Waals surface area contributed by atoms with Gasteiger partial charge in [0.15, 0.2) is 0 Å². The fourth-order valence-corrected chi connectivity index (χ4v) is 1.25. The topological polar surface area (TPSA) is 20.3 Å². The van der Waals surface area contributed by atoms with Gasteiger partial charge < -0.3 is 4.90 Å². The average molecular weight is 189 g/mol. The quantitative estimate of drug-likeness (QED) is 0.536. The summed E-state index contributed by atoms with van der Waals surface area (Å²) in [6.07, 6.45) is 4.08. The predicted octanol–water partition coefficient (Wildman–Crippen LogP) is 2.53. The van der Waals surface area contributed by atoms with Gasteiger partial charge in [-0.15, -0.1) is 0 Å². The lowest BCUT2D eigenvalue weighted by molar-refractivity contribution is -0.104. The molecule has 0 heterocycles. The molecule has 0 bridgehead atoms. The molecule has 0 unspecified atom stereocenters. The summed E-state index contributed by atoms with van der Waals surface area (Å²) in [5, 5.41) is 0. The van der Waals surface area contributed by atoms with E-state index < -0.39 is 0 Å². The van der Waals surface area contributed by atoms with Crippen molar-refractivity contribution in [1.29, 1.82) is 0 Å². The Morgan fingerprint density at radius 3 is 2.43 bits per heavy atom. The van der Waals surface area contributed by atoms with Gasteiger partial charge >= 0.3 is 0 Å². The maximum atomic E-state index is 10.2. The SMILES string of the molecule is CCN(C=CC=O)c1ccc(C)cc1. The number of aryl methyl sites for hydroxylation is 1. The molecule has 0 aliphatic carbocycles. The number of carbonyl (C=O) groups is 1. The van der Waals surface area contributed by atoms with Crippen molar-refractivity contribution in [2.24, 2.45) is 0 Å². The van der Waals surface area contributed by atoms with Crippen molar-refractivity contribution in [3.05, 3.63) is 42.1 Å². The van der Waals surface area contributed by atoms with E-state index in [0.29, 0.717) is 0 Å². The van der Waals surface area contributed by atoms with Crippen LogP contribution in [0.15, 0.2) is 36.5 Å². The molecule has 0 N–H and O–H groups in total. The number of carbonyl (C=O) groups excluding carboxylic acids is 1. The van der Waals surface area contributed by atoms with Crippen molar-refractivity contribution in [3.63, 3.8) is 0 Å². The van der Waals surface area contributed by atoms with Crippen LogP contribution in [-0.2, 0) is 4.79 Å². The Morgan fingerprint density at radius 1 is 1.29 bits per heavy atom. The predicted molar refractivity (Wildman–Crippen MR) is 59.4 cm³/mol. The maximum absolute atomic E-state index is 10.2. The summed E-state index contributed by atoms with van der Waals surface area (Å²) in [6.45, 7) is 4.96. The molecule has 1 aromatic carbocycles. The van der Waals surface area contributed by atoms with Gasteiger partial charge in [-0.3, -0.25) is 4.79 Å². The summed E-state index contributed by atoms with van der Waals surface area (Å²) in [6, 6.07) is 8.22. The Morgan fingerprint density at radius 2 is 1.93 bits per heavy atom. The van der Waals surface area contributed by atoms with Gasteiger partial charge in [-0.05, 0) is 32.1 Å². The minimum Gasteiger partial charge on any atom is -0.348 e. The molecule has 1 rings (SSSR count). The van der Waals surface area contributed by atoms with Crippen LogP contribution in [-0.4, -0.2) is 12.8 Å². The van der Waals surface area contributed by atoms with Gasteiger partial charge in [0.05, 0.1) is 0 Å². The standard InChI is InChI=1S/C12H15NO/c1-3-13(9-4-10-14)12-7-5-11(2)6-8-12/h4-10H,3H2,1-2H3. The summed E-state index contributed by atoms with van der Waals surface area (Å²) in [4.78, 5) is 12.2. The highest BCUT2D eigenvalue weighted by Crippen LogP contribution is 2.14. The molecule has 2 heteroatoms. The molecule has 0 atom stereocenters. The van der Waals surface area contributed by atoms with E-state index in [1.165, 1.54) is 11.6 Å². The third kappa shape index (κ3) is 2.73. The molecule has 74 valence electrons. The number of anilines is 1. The molecule has 0 aromatic heterocycles. The van der Waals surface area contributed by atoms with E-state index >= 15 is 0 Å². The van der Waals surface area contributed by atoms with E-state index in [2.05, 4.69) is 26.0 Å². The number of benzene rings is 1. The first-order chi connectivity index (χ1) is 6.77. The third-order valence-electron chi connectivity index (χ3n) is 2.05. The molecule has 0 saturated heterocycles. The van der Waals surface area contributed by atoms with Crippen molar-refractivity contribution < 1.29 is 4.79 Å². The minimum atomic E-state index is 0.789. The fourth-order valence-electron chi connectivity index (χ4n) is 1.25. The lowest BCUT2D eigenvalue weighted by Crippen LogP contribution is -2.14. The van der Waals surface area contributed by atoms with Crippen LogP contribution in [0.25, 0.3) is 0 Å². The molecule has 0 aliphatic rings. The maximum Gasteiger partial charge on any atom is 0.144 e. The van der Waals surface area contributed by atoms with Crippen LogP contribution in [0, 0.1) is 6.92 Å². The van der Waals surface area contributed by atoms with Crippen LogP contribution in [0.5, 0.6) is 0 Å². The van der Waals surface area contributed by atoms with Crippen molar-refractivity contribution in [1.82, 2.24) is 0 Å². The third-order valence-corrected chi connectivity index (χ3v) is 2.05. The van der Waals surface area contributed by atoms with Gasteiger partial charge in [0.2, 0.25) is 0 Å². The van der Waals surface area contributed by atoms with Crippen LogP contribution < -0.4 is 4.90 Å². The highest BCUT2D eigenvalue weighted by Gasteiger charge is 1.98. The van der Waals surface area contributed by atoms with Crippen molar-refractivity contribution in [2.75, 3.05) is 11.4 Å². The molecule has 1 aromatic rings. The Bertz CT molecular complexity index is 314.